The van der Waals surface area contributed by atoms with Crippen LogP contribution in [0.5, 0.6) is 0 Å². The molecule has 23 heavy (non-hydrogen) atoms. The molecule has 1 aromatic heterocycles. The van der Waals surface area contributed by atoms with Gasteiger partial charge in [0.15, 0.2) is 0 Å². The minimum atomic E-state index is -0.997. The second-order valence-corrected chi connectivity index (χ2v) is 6.61. The van der Waals surface area contributed by atoms with E-state index >= 15 is 0 Å². The number of carbonyl (C=O) groups excluding carboxylic acids is 1. The van der Waals surface area contributed by atoms with Gasteiger partial charge in [-0.25, -0.2) is 0 Å². The van der Waals surface area contributed by atoms with Crippen LogP contribution in [0.2, 0.25) is 0 Å². The van der Waals surface area contributed by atoms with Gasteiger partial charge >= 0.3 is 0 Å². The number of nitrogens with zero attached hydrogens (tertiary/aromatic N) is 3. The molecule has 5 heteroatoms. The molecule has 1 saturated heterocycles. The molecule has 2 aromatic rings. The summed E-state index contributed by atoms with van der Waals surface area (Å²) < 4.78 is 1.98. The predicted molar refractivity (Wildman–Crippen MR) is 89.8 cm³/mol. The van der Waals surface area contributed by atoms with Crippen molar-refractivity contribution in [3.8, 4) is 0 Å². The number of carbonyl (C=O) groups is 1. The van der Waals surface area contributed by atoms with Crippen molar-refractivity contribution in [3.63, 3.8) is 0 Å². The molecule has 2 heterocycles. The maximum Gasteiger partial charge on any atom is 0.247 e. The number of rotatable bonds is 3. The standard InChI is InChI=1S/C18H24N4O/c1-14-11-20-22(12-14)16-9-6-10-21(13-16)17(23)18(2,19)15-7-4-3-5-8-15/h3-5,7-8,11-12,16H,6,9-10,13,19H2,1-2H3. The minimum Gasteiger partial charge on any atom is -0.339 e. The highest BCUT2D eigenvalue weighted by molar-refractivity contribution is 5.87. The summed E-state index contributed by atoms with van der Waals surface area (Å²) >= 11 is 0. The molecule has 1 aromatic carbocycles. The molecule has 3 rings (SSSR count). The van der Waals surface area contributed by atoms with E-state index in [1.807, 2.05) is 59.2 Å². The summed E-state index contributed by atoms with van der Waals surface area (Å²) in [6.45, 7) is 5.25. The van der Waals surface area contributed by atoms with Crippen LogP contribution >= 0.6 is 0 Å². The van der Waals surface area contributed by atoms with E-state index in [-0.39, 0.29) is 11.9 Å². The number of nitrogens with two attached hydrogens (primary N) is 1. The van der Waals surface area contributed by atoms with Gasteiger partial charge in [-0.05, 0) is 37.8 Å². The Balaban J connectivity index is 1.77. The summed E-state index contributed by atoms with van der Waals surface area (Å²) in [5, 5.41) is 4.40. The molecule has 5 nitrogen and oxygen atoms in total. The fourth-order valence-electron chi connectivity index (χ4n) is 3.22. The number of hydrogen-bond donors (Lipinski definition) is 1. The van der Waals surface area contributed by atoms with Crippen molar-refractivity contribution in [2.45, 2.75) is 38.3 Å². The molecule has 2 unspecified atom stereocenters. The van der Waals surface area contributed by atoms with Crippen molar-refractivity contribution in [3.05, 3.63) is 53.9 Å². The lowest BCUT2D eigenvalue weighted by Crippen LogP contribution is -2.53. The fourth-order valence-corrected chi connectivity index (χ4v) is 3.22. The maximum atomic E-state index is 13.0. The molecule has 0 saturated carbocycles. The predicted octanol–water partition coefficient (Wildman–Crippen LogP) is 2.23. The molecular formula is C18H24N4O. The van der Waals surface area contributed by atoms with Crippen molar-refractivity contribution in [1.82, 2.24) is 14.7 Å². The van der Waals surface area contributed by atoms with Crippen molar-refractivity contribution in [1.29, 1.82) is 0 Å². The molecule has 0 aliphatic carbocycles. The molecule has 122 valence electrons. The summed E-state index contributed by atoms with van der Waals surface area (Å²) in [7, 11) is 0. The van der Waals surface area contributed by atoms with Gasteiger partial charge in [-0.1, -0.05) is 30.3 Å². The highest BCUT2D eigenvalue weighted by atomic mass is 16.2. The first kappa shape index (κ1) is 15.7. The first-order chi connectivity index (χ1) is 11.0. The van der Waals surface area contributed by atoms with Gasteiger partial charge in [0.2, 0.25) is 5.91 Å². The number of aromatic nitrogens is 2. The normalized spacial score (nSPS) is 21.0. The van der Waals surface area contributed by atoms with Crippen molar-refractivity contribution < 1.29 is 4.79 Å². The quantitative estimate of drug-likeness (QED) is 0.945. The molecule has 1 fully saturated rings. The molecule has 1 aliphatic rings. The lowest BCUT2D eigenvalue weighted by Gasteiger charge is -2.37. The Morgan fingerprint density at radius 1 is 1.35 bits per heavy atom. The molecule has 2 atom stereocenters. The van der Waals surface area contributed by atoms with Crippen LogP contribution in [0, 0.1) is 6.92 Å². The summed E-state index contributed by atoms with van der Waals surface area (Å²) in [5.41, 5.74) is 7.38. The summed E-state index contributed by atoms with van der Waals surface area (Å²) in [4.78, 5) is 14.9. The van der Waals surface area contributed by atoms with E-state index in [2.05, 4.69) is 5.10 Å². The second-order valence-electron chi connectivity index (χ2n) is 6.61. The molecule has 0 radical (unpaired) electrons. The van der Waals surface area contributed by atoms with E-state index in [0.29, 0.717) is 6.54 Å². The molecule has 2 N–H and O–H groups in total. The van der Waals surface area contributed by atoms with Gasteiger partial charge in [0, 0.05) is 19.3 Å². The van der Waals surface area contributed by atoms with Gasteiger partial charge in [0.1, 0.15) is 5.54 Å². The van der Waals surface area contributed by atoms with E-state index in [1.165, 1.54) is 0 Å². The zero-order valence-electron chi connectivity index (χ0n) is 13.8. The zero-order chi connectivity index (χ0) is 16.4. The van der Waals surface area contributed by atoms with E-state index < -0.39 is 5.54 Å². The first-order valence-corrected chi connectivity index (χ1v) is 8.13. The lowest BCUT2D eigenvalue weighted by atomic mass is 9.90. The van der Waals surface area contributed by atoms with Gasteiger partial charge in [0.25, 0.3) is 0 Å². The maximum absolute atomic E-state index is 13.0. The van der Waals surface area contributed by atoms with E-state index in [4.69, 9.17) is 5.73 Å². The topological polar surface area (TPSA) is 64.2 Å². The van der Waals surface area contributed by atoms with E-state index in [9.17, 15) is 4.79 Å². The number of likely N-dealkylation sites (tertiary alicyclic amines) is 1. The highest BCUT2D eigenvalue weighted by Crippen LogP contribution is 2.26. The Morgan fingerprint density at radius 3 is 2.74 bits per heavy atom. The van der Waals surface area contributed by atoms with E-state index in [1.54, 1.807) is 6.92 Å². The third kappa shape index (κ3) is 3.15. The van der Waals surface area contributed by atoms with Gasteiger partial charge < -0.3 is 10.6 Å². The van der Waals surface area contributed by atoms with E-state index in [0.717, 1.165) is 30.5 Å². The Hall–Kier alpha value is -2.14. The number of aryl methyl sites for hydroxylation is 1. The van der Waals surface area contributed by atoms with Crippen molar-refractivity contribution >= 4 is 5.91 Å². The second kappa shape index (κ2) is 6.16. The third-order valence-corrected chi connectivity index (χ3v) is 4.61. The Kier molecular flexibility index (Phi) is 4.22. The average Bonchev–Trinajstić information content (AvgIpc) is 3.01. The molecule has 1 amide bonds. The van der Waals surface area contributed by atoms with Gasteiger partial charge in [-0.15, -0.1) is 0 Å². The molecule has 1 aliphatic heterocycles. The molecule has 0 bridgehead atoms. The van der Waals surface area contributed by atoms with Crippen molar-refractivity contribution in [2.75, 3.05) is 13.1 Å². The molecular weight excluding hydrogens is 288 g/mol. The highest BCUT2D eigenvalue weighted by Gasteiger charge is 2.36. The number of benzene rings is 1. The summed E-state index contributed by atoms with van der Waals surface area (Å²) in [5.74, 6) is -0.0164. The Bertz CT molecular complexity index is 677. The van der Waals surface area contributed by atoms with Crippen LogP contribution in [0.15, 0.2) is 42.7 Å². The van der Waals surface area contributed by atoms with Gasteiger partial charge in [-0.3, -0.25) is 9.48 Å². The minimum absolute atomic E-state index is 0.0164. The van der Waals surface area contributed by atoms with Crippen LogP contribution in [0.25, 0.3) is 0 Å². The number of piperidine rings is 1. The summed E-state index contributed by atoms with van der Waals surface area (Å²) in [6.07, 6.45) is 5.91. The monoisotopic (exact) mass is 312 g/mol. The van der Waals surface area contributed by atoms with Gasteiger partial charge in [0.05, 0.1) is 12.2 Å². The smallest absolute Gasteiger partial charge is 0.247 e. The Morgan fingerprint density at radius 2 is 2.09 bits per heavy atom. The van der Waals surface area contributed by atoms with Crippen LogP contribution in [0.3, 0.4) is 0 Å². The largest absolute Gasteiger partial charge is 0.339 e. The number of amides is 1. The number of hydrogen-bond acceptors (Lipinski definition) is 3. The van der Waals surface area contributed by atoms with Crippen molar-refractivity contribution in [2.24, 2.45) is 5.73 Å². The summed E-state index contributed by atoms with van der Waals surface area (Å²) in [6, 6.07) is 9.82. The SMILES string of the molecule is Cc1cnn(C2CCCN(C(=O)C(C)(N)c3ccccc3)C2)c1. The zero-order valence-corrected chi connectivity index (χ0v) is 13.8. The van der Waals surface area contributed by atoms with Crippen LogP contribution in [0.4, 0.5) is 0 Å². The van der Waals surface area contributed by atoms with Crippen LogP contribution in [0.1, 0.15) is 36.9 Å². The fraction of sp³-hybridized carbons (Fsp3) is 0.444. The van der Waals surface area contributed by atoms with Crippen LogP contribution < -0.4 is 5.73 Å². The van der Waals surface area contributed by atoms with Crippen LogP contribution in [-0.4, -0.2) is 33.7 Å². The molecule has 0 spiro atoms. The average molecular weight is 312 g/mol. The lowest BCUT2D eigenvalue weighted by molar-refractivity contribution is -0.138. The third-order valence-electron chi connectivity index (χ3n) is 4.61. The Labute approximate surface area is 137 Å². The van der Waals surface area contributed by atoms with Crippen LogP contribution in [-0.2, 0) is 10.3 Å². The first-order valence-electron chi connectivity index (χ1n) is 8.13. The van der Waals surface area contributed by atoms with Gasteiger partial charge in [-0.2, -0.15) is 5.10 Å².